The third-order valence-corrected chi connectivity index (χ3v) is 9.04. The van der Waals surface area contributed by atoms with Crippen molar-refractivity contribution in [3.8, 4) is 17.0 Å². The molecule has 2 aromatic heterocycles. The van der Waals surface area contributed by atoms with Crippen molar-refractivity contribution in [1.82, 2.24) is 10.1 Å². The van der Waals surface area contributed by atoms with Crippen molar-refractivity contribution < 1.29 is 18.8 Å². The van der Waals surface area contributed by atoms with E-state index >= 15 is 0 Å². The minimum atomic E-state index is -0.402. The van der Waals surface area contributed by atoms with Crippen LogP contribution in [0.5, 0.6) is 5.75 Å². The Hall–Kier alpha value is -3.07. The maximum atomic E-state index is 12.1. The summed E-state index contributed by atoms with van der Waals surface area (Å²) in [7, 11) is 2.95. The molecule has 39 heavy (non-hydrogen) atoms. The number of carbonyl (C=O) groups is 1. The van der Waals surface area contributed by atoms with Crippen molar-refractivity contribution in [1.29, 1.82) is 0 Å². The van der Waals surface area contributed by atoms with Gasteiger partial charge >= 0.3 is 5.97 Å². The highest BCUT2D eigenvalue weighted by Crippen LogP contribution is 2.47. The number of aromatic nitrogens is 2. The first-order chi connectivity index (χ1) is 18.9. The van der Waals surface area contributed by atoms with Crippen molar-refractivity contribution in [2.45, 2.75) is 44.6 Å². The normalized spacial score (nSPS) is 17.4. The summed E-state index contributed by atoms with van der Waals surface area (Å²) < 4.78 is 17.2. The molecule has 6 rings (SSSR count). The molecule has 10 heteroatoms. The second-order valence-corrected chi connectivity index (χ2v) is 11.8. The third kappa shape index (κ3) is 4.90. The molecule has 3 heterocycles. The molecular weight excluding hydrogens is 557 g/mol. The molecule has 1 fully saturated rings. The quantitative estimate of drug-likeness (QED) is 0.163. The minimum absolute atomic E-state index is 0.216. The highest BCUT2D eigenvalue weighted by Gasteiger charge is 2.34. The van der Waals surface area contributed by atoms with E-state index in [1.165, 1.54) is 12.7 Å². The molecule has 0 bridgehead atoms. The molecule has 1 saturated carbocycles. The zero-order valence-electron chi connectivity index (χ0n) is 21.8. The maximum Gasteiger partial charge on any atom is 0.338 e. The number of carbonyl (C=O) groups excluding carboxylic acids is 1. The van der Waals surface area contributed by atoms with Crippen LogP contribution >= 0.6 is 34.5 Å². The Balaban J connectivity index is 1.29. The second kappa shape index (κ2) is 10.5. The summed E-state index contributed by atoms with van der Waals surface area (Å²) in [6.45, 7) is 2.92. The van der Waals surface area contributed by atoms with Gasteiger partial charge in [-0.25, -0.2) is 9.78 Å². The van der Waals surface area contributed by atoms with E-state index in [1.807, 2.05) is 24.3 Å². The van der Waals surface area contributed by atoms with Crippen molar-refractivity contribution in [2.75, 3.05) is 25.7 Å². The van der Waals surface area contributed by atoms with Crippen LogP contribution in [0.3, 0.4) is 0 Å². The Morgan fingerprint density at radius 1 is 1.21 bits per heavy atom. The molecule has 0 amide bonds. The third-order valence-electron chi connectivity index (χ3n) is 7.37. The van der Waals surface area contributed by atoms with Gasteiger partial charge in [-0.15, -0.1) is 0 Å². The van der Waals surface area contributed by atoms with Crippen LogP contribution < -0.4 is 9.64 Å². The Morgan fingerprint density at radius 3 is 2.64 bits per heavy atom. The molecule has 1 aliphatic heterocycles. The van der Waals surface area contributed by atoms with E-state index in [1.54, 1.807) is 24.5 Å². The first-order valence-corrected chi connectivity index (χ1v) is 14.4. The van der Waals surface area contributed by atoms with Crippen molar-refractivity contribution in [3.05, 3.63) is 68.9 Å². The molecule has 1 aliphatic carbocycles. The van der Waals surface area contributed by atoms with Crippen LogP contribution in [0.2, 0.25) is 10.0 Å². The average Bonchev–Trinajstić information content (AvgIpc) is 3.55. The van der Waals surface area contributed by atoms with Crippen LogP contribution in [0.4, 0.5) is 5.13 Å². The summed E-state index contributed by atoms with van der Waals surface area (Å²) in [5, 5.41) is 6.47. The summed E-state index contributed by atoms with van der Waals surface area (Å²) in [6.07, 6.45) is 6.09. The maximum absolute atomic E-state index is 12.1. The van der Waals surface area contributed by atoms with Gasteiger partial charge in [0.25, 0.3) is 0 Å². The van der Waals surface area contributed by atoms with Gasteiger partial charge in [-0.3, -0.25) is 0 Å². The average molecular weight is 585 g/mol. The lowest BCUT2D eigenvalue weighted by Gasteiger charge is -2.33. The molecule has 4 aromatic rings. The van der Waals surface area contributed by atoms with E-state index in [0.29, 0.717) is 33.8 Å². The number of rotatable bonds is 7. The zero-order chi connectivity index (χ0) is 27.3. The topological polar surface area (TPSA) is 77.7 Å². The van der Waals surface area contributed by atoms with Crippen LogP contribution in [0.25, 0.3) is 21.5 Å². The summed E-state index contributed by atoms with van der Waals surface area (Å²) in [4.78, 5) is 19.3. The number of nitrogens with zero attached hydrogens (tertiary/aromatic N) is 3. The fourth-order valence-electron chi connectivity index (χ4n) is 5.20. The molecule has 1 atom stereocenters. The van der Waals surface area contributed by atoms with E-state index in [2.05, 4.69) is 23.1 Å². The Kier molecular flexibility index (Phi) is 7.04. The standard InChI is InChI=1S/C29H27Cl2N3O4S/c1-15-11-16(12-19-25(33-38-27(19)17-7-8-17)24-20(30)5-4-6-21(24)31)9-10-34(15)29-32-26-22(36-2)13-18(28(35)37-3)14-23(26)39-29/h4-6,9,13-15,17H,7-8,10-12H2,1-3H3/t15-/m1/s1. The predicted octanol–water partition coefficient (Wildman–Crippen LogP) is 7.70. The number of thiazole rings is 1. The van der Waals surface area contributed by atoms with E-state index < -0.39 is 5.97 Å². The number of hydrogen-bond donors (Lipinski definition) is 0. The SMILES string of the molecule is COC(=O)c1cc(OC)c2nc(N3CC=C(Cc4c(-c5c(Cl)cccc5Cl)noc4C4CC4)C[C@H]3C)sc2c1. The number of halogens is 2. The van der Waals surface area contributed by atoms with Crippen LogP contribution in [0, 0.1) is 0 Å². The van der Waals surface area contributed by atoms with Gasteiger partial charge in [0.1, 0.15) is 22.7 Å². The largest absolute Gasteiger partial charge is 0.494 e. The molecule has 2 aliphatic rings. The number of anilines is 1. The summed E-state index contributed by atoms with van der Waals surface area (Å²) in [5.41, 5.74) is 5.06. The summed E-state index contributed by atoms with van der Waals surface area (Å²) in [5.74, 6) is 1.52. The predicted molar refractivity (Wildman–Crippen MR) is 155 cm³/mol. The zero-order valence-corrected chi connectivity index (χ0v) is 24.1. The lowest BCUT2D eigenvalue weighted by atomic mass is 9.92. The van der Waals surface area contributed by atoms with Crippen molar-refractivity contribution >= 4 is 55.9 Å². The molecule has 0 unspecified atom stereocenters. The van der Waals surface area contributed by atoms with Crippen LogP contribution in [-0.2, 0) is 11.2 Å². The first-order valence-electron chi connectivity index (χ1n) is 12.8. The molecule has 0 saturated heterocycles. The molecule has 0 N–H and O–H groups in total. The highest BCUT2D eigenvalue weighted by molar-refractivity contribution is 7.22. The fraction of sp³-hybridized carbons (Fsp3) is 0.345. The monoisotopic (exact) mass is 583 g/mol. The van der Waals surface area contributed by atoms with Gasteiger partial charge in [0.05, 0.1) is 34.5 Å². The Morgan fingerprint density at radius 2 is 1.97 bits per heavy atom. The lowest BCUT2D eigenvalue weighted by Crippen LogP contribution is -2.36. The fourth-order valence-corrected chi connectivity index (χ4v) is 6.91. The van der Waals surface area contributed by atoms with Gasteiger partial charge in [0, 0.05) is 29.6 Å². The van der Waals surface area contributed by atoms with Gasteiger partial charge in [-0.1, -0.05) is 57.4 Å². The van der Waals surface area contributed by atoms with E-state index in [9.17, 15) is 4.79 Å². The van der Waals surface area contributed by atoms with E-state index in [4.69, 9.17) is 42.2 Å². The smallest absolute Gasteiger partial charge is 0.338 e. The minimum Gasteiger partial charge on any atom is -0.494 e. The molecule has 2 aromatic carbocycles. The van der Waals surface area contributed by atoms with E-state index in [-0.39, 0.29) is 6.04 Å². The number of hydrogen-bond acceptors (Lipinski definition) is 8. The first kappa shape index (κ1) is 26.2. The van der Waals surface area contributed by atoms with Crippen molar-refractivity contribution in [3.63, 3.8) is 0 Å². The summed E-state index contributed by atoms with van der Waals surface area (Å²) in [6, 6.07) is 9.21. The molecule has 7 nitrogen and oxygen atoms in total. The summed E-state index contributed by atoms with van der Waals surface area (Å²) >= 11 is 14.7. The molecular formula is C29H27Cl2N3O4S. The van der Waals surface area contributed by atoms with Crippen molar-refractivity contribution in [2.24, 2.45) is 0 Å². The highest BCUT2D eigenvalue weighted by atomic mass is 35.5. The lowest BCUT2D eigenvalue weighted by molar-refractivity contribution is 0.0600. The van der Waals surface area contributed by atoms with Gasteiger partial charge in [-0.05, 0) is 56.9 Å². The number of benzene rings is 2. The van der Waals surface area contributed by atoms with Crippen LogP contribution in [0.15, 0.2) is 46.5 Å². The van der Waals surface area contributed by atoms with Gasteiger partial charge in [0.2, 0.25) is 0 Å². The van der Waals surface area contributed by atoms with Gasteiger partial charge in [-0.2, -0.15) is 0 Å². The number of methoxy groups -OCH3 is 2. The molecule has 0 spiro atoms. The Labute approximate surface area is 240 Å². The molecule has 202 valence electrons. The second-order valence-electron chi connectivity index (χ2n) is 10.0. The number of esters is 1. The van der Waals surface area contributed by atoms with Crippen LogP contribution in [0.1, 0.15) is 53.8 Å². The molecule has 0 radical (unpaired) electrons. The number of fused-ring (bicyclic) bond motifs is 1. The van der Waals surface area contributed by atoms with Crippen LogP contribution in [-0.4, -0.2) is 42.9 Å². The Bertz CT molecular complexity index is 1590. The number of ether oxygens (including phenoxy) is 2. The van der Waals surface area contributed by atoms with E-state index in [0.717, 1.165) is 63.6 Å². The van der Waals surface area contributed by atoms with Gasteiger partial charge < -0.3 is 18.9 Å². The van der Waals surface area contributed by atoms with Gasteiger partial charge in [0.15, 0.2) is 5.13 Å².